The van der Waals surface area contributed by atoms with Crippen molar-refractivity contribution in [1.29, 1.82) is 0 Å². The normalized spacial score (nSPS) is 23.5. The standard InChI is InChI=1S/C28H29N7O6S2/c29-28-32-19(13-43-28)20(34-41-15-6-1-2-7-15)24(37)33-21-25(38)35-22(27(39)40)18(12-42-26(21)35)17(16-8-10-31-23(16)36)11-14-5-3-4-9-30-14/h3-5,9,13,15,21,26H,1-2,6-8,10-12H2,(H2,29,32)(H,31,36)(H,33,37)(H,39,40)/t21-,26-/m1/s1. The van der Waals surface area contributed by atoms with Crippen LogP contribution in [0.15, 0.2) is 57.3 Å². The number of amides is 3. The van der Waals surface area contributed by atoms with E-state index >= 15 is 0 Å². The van der Waals surface area contributed by atoms with Gasteiger partial charge < -0.3 is 26.3 Å². The number of pyridine rings is 1. The second-order valence-corrected chi connectivity index (χ2v) is 12.5. The number of rotatable bonds is 9. The summed E-state index contributed by atoms with van der Waals surface area (Å²) in [7, 11) is 0. The number of aromatic nitrogens is 2. The van der Waals surface area contributed by atoms with E-state index in [-0.39, 0.29) is 46.4 Å². The molecule has 6 rings (SSSR count). The predicted molar refractivity (Wildman–Crippen MR) is 159 cm³/mol. The van der Waals surface area contributed by atoms with Crippen molar-refractivity contribution in [2.45, 2.75) is 56.0 Å². The second-order valence-electron chi connectivity index (χ2n) is 10.5. The minimum atomic E-state index is -1.29. The van der Waals surface area contributed by atoms with Crippen LogP contribution >= 0.6 is 23.1 Å². The summed E-state index contributed by atoms with van der Waals surface area (Å²) >= 11 is 2.46. The summed E-state index contributed by atoms with van der Waals surface area (Å²) in [5.74, 6) is -2.58. The molecule has 2 aromatic heterocycles. The molecule has 3 aliphatic heterocycles. The summed E-state index contributed by atoms with van der Waals surface area (Å²) < 4.78 is 0. The molecule has 0 bridgehead atoms. The van der Waals surface area contributed by atoms with Crippen molar-refractivity contribution in [1.82, 2.24) is 25.5 Å². The van der Waals surface area contributed by atoms with Crippen molar-refractivity contribution in [2.75, 3.05) is 18.0 Å². The average Bonchev–Trinajstić information content (AvgIpc) is 3.78. The van der Waals surface area contributed by atoms with Gasteiger partial charge in [-0.2, -0.15) is 0 Å². The Balaban J connectivity index is 1.27. The fourth-order valence-corrected chi connectivity index (χ4v) is 7.60. The van der Waals surface area contributed by atoms with Crippen LogP contribution in [0.3, 0.4) is 0 Å². The third kappa shape index (κ3) is 5.73. The molecular formula is C28H29N7O6S2. The number of carboxylic acid groups (broad SMARTS) is 1. The summed E-state index contributed by atoms with van der Waals surface area (Å²) in [4.78, 5) is 67.6. The molecule has 2 aromatic rings. The second kappa shape index (κ2) is 12.2. The molecule has 43 heavy (non-hydrogen) atoms. The molecule has 0 aromatic carbocycles. The summed E-state index contributed by atoms with van der Waals surface area (Å²) in [5, 5.41) is 21.1. The Bertz CT molecular complexity index is 1560. The fraction of sp³-hybridized carbons (Fsp3) is 0.393. The van der Waals surface area contributed by atoms with Crippen LogP contribution in [0.5, 0.6) is 0 Å². The fourth-order valence-electron chi connectivity index (χ4n) is 5.67. The number of oxime groups is 1. The maximum Gasteiger partial charge on any atom is 0.352 e. The van der Waals surface area contributed by atoms with Crippen LogP contribution in [0.4, 0.5) is 5.13 Å². The number of carboxylic acids is 1. The Morgan fingerprint density at radius 1 is 1.26 bits per heavy atom. The van der Waals surface area contributed by atoms with Crippen LogP contribution in [0.1, 0.15) is 43.5 Å². The number of nitrogens with zero attached hydrogens (tertiary/aromatic N) is 4. The van der Waals surface area contributed by atoms with Gasteiger partial charge in [-0.1, -0.05) is 11.2 Å². The van der Waals surface area contributed by atoms with Crippen LogP contribution in [0, 0.1) is 0 Å². The number of nitrogens with one attached hydrogen (secondary N) is 2. The molecule has 3 amide bonds. The van der Waals surface area contributed by atoms with Gasteiger partial charge >= 0.3 is 5.97 Å². The van der Waals surface area contributed by atoms with Crippen molar-refractivity contribution in [3.63, 3.8) is 0 Å². The maximum absolute atomic E-state index is 13.5. The first-order chi connectivity index (χ1) is 20.8. The number of nitrogens with two attached hydrogens (primary N) is 1. The molecule has 1 aliphatic carbocycles. The zero-order chi connectivity index (χ0) is 30.1. The lowest BCUT2D eigenvalue weighted by Crippen LogP contribution is -2.71. The van der Waals surface area contributed by atoms with E-state index in [2.05, 4.69) is 25.8 Å². The molecule has 13 nitrogen and oxygen atoms in total. The molecule has 0 spiro atoms. The van der Waals surface area contributed by atoms with Crippen LogP contribution < -0.4 is 16.4 Å². The van der Waals surface area contributed by atoms with Gasteiger partial charge in [-0.15, -0.1) is 23.1 Å². The molecule has 4 aliphatic rings. The van der Waals surface area contributed by atoms with Gasteiger partial charge in [0.1, 0.15) is 28.9 Å². The first-order valence-electron chi connectivity index (χ1n) is 13.9. The molecule has 0 unspecified atom stereocenters. The Labute approximate surface area is 254 Å². The topological polar surface area (TPSA) is 189 Å². The van der Waals surface area contributed by atoms with E-state index in [1.165, 1.54) is 16.7 Å². The van der Waals surface area contributed by atoms with E-state index in [9.17, 15) is 24.3 Å². The molecule has 5 N–H and O–H groups in total. The monoisotopic (exact) mass is 623 g/mol. The predicted octanol–water partition coefficient (Wildman–Crippen LogP) is 1.58. The summed E-state index contributed by atoms with van der Waals surface area (Å²) in [6.45, 7) is 0.446. The van der Waals surface area contributed by atoms with Gasteiger partial charge in [-0.25, -0.2) is 9.78 Å². The van der Waals surface area contributed by atoms with E-state index in [0.29, 0.717) is 35.4 Å². The van der Waals surface area contributed by atoms with E-state index < -0.39 is 29.2 Å². The van der Waals surface area contributed by atoms with E-state index in [0.717, 1.165) is 37.0 Å². The average molecular weight is 624 g/mol. The largest absolute Gasteiger partial charge is 0.477 e. The Hall–Kier alpha value is -4.24. The lowest BCUT2D eigenvalue weighted by atomic mass is 9.91. The van der Waals surface area contributed by atoms with Crippen LogP contribution in [-0.2, 0) is 30.4 Å². The minimum absolute atomic E-state index is 0.101. The number of carbonyl (C=O) groups excluding carboxylic acids is 3. The van der Waals surface area contributed by atoms with Crippen LogP contribution in [-0.4, -0.2) is 79.2 Å². The van der Waals surface area contributed by atoms with Gasteiger partial charge in [0.15, 0.2) is 10.8 Å². The molecule has 5 heterocycles. The molecule has 224 valence electrons. The van der Waals surface area contributed by atoms with Crippen molar-refractivity contribution < 1.29 is 29.1 Å². The number of carbonyl (C=O) groups is 4. The smallest absolute Gasteiger partial charge is 0.352 e. The molecular weight excluding hydrogens is 594 g/mol. The van der Waals surface area contributed by atoms with Gasteiger partial charge in [-0.05, 0) is 55.4 Å². The number of aliphatic carboxylic acids is 1. The van der Waals surface area contributed by atoms with Crippen LogP contribution in [0.2, 0.25) is 0 Å². The third-order valence-corrected chi connectivity index (χ3v) is 9.73. The van der Waals surface area contributed by atoms with Gasteiger partial charge in [-0.3, -0.25) is 24.3 Å². The van der Waals surface area contributed by atoms with Crippen molar-refractivity contribution >= 4 is 57.6 Å². The lowest BCUT2D eigenvalue weighted by Gasteiger charge is -2.49. The number of anilines is 1. The number of nitrogen functional groups attached to an aromatic ring is 1. The first-order valence-corrected chi connectivity index (χ1v) is 15.8. The van der Waals surface area contributed by atoms with E-state index in [1.807, 2.05) is 6.07 Å². The van der Waals surface area contributed by atoms with Gasteiger partial charge in [0.05, 0.1) is 0 Å². The van der Waals surface area contributed by atoms with Gasteiger partial charge in [0.25, 0.3) is 11.8 Å². The van der Waals surface area contributed by atoms with Crippen molar-refractivity contribution in [3.8, 4) is 0 Å². The molecule has 3 fully saturated rings. The summed E-state index contributed by atoms with van der Waals surface area (Å²) in [6, 6.07) is 4.40. The van der Waals surface area contributed by atoms with Gasteiger partial charge in [0, 0.05) is 41.6 Å². The zero-order valence-electron chi connectivity index (χ0n) is 22.9. The highest BCUT2D eigenvalue weighted by Gasteiger charge is 2.55. The Morgan fingerprint density at radius 2 is 2.07 bits per heavy atom. The summed E-state index contributed by atoms with van der Waals surface area (Å²) in [6.07, 6.45) is 5.90. The lowest BCUT2D eigenvalue weighted by molar-refractivity contribution is -0.150. The molecule has 2 atom stereocenters. The number of hydrogen-bond acceptors (Lipinski definition) is 11. The number of thiazole rings is 1. The highest BCUT2D eigenvalue weighted by atomic mass is 32.2. The number of hydrogen-bond donors (Lipinski definition) is 4. The summed E-state index contributed by atoms with van der Waals surface area (Å²) in [5.41, 5.74) is 7.83. The Morgan fingerprint density at radius 3 is 2.72 bits per heavy atom. The van der Waals surface area contributed by atoms with Crippen LogP contribution in [0.25, 0.3) is 0 Å². The van der Waals surface area contributed by atoms with E-state index in [1.54, 1.807) is 23.7 Å². The van der Waals surface area contributed by atoms with Gasteiger partial charge in [0.2, 0.25) is 5.91 Å². The van der Waals surface area contributed by atoms with Crippen molar-refractivity contribution in [3.05, 3.63) is 63.6 Å². The first kappa shape index (κ1) is 28.9. The number of β-lactam (4-membered cyclic amide) rings is 1. The zero-order valence-corrected chi connectivity index (χ0v) is 24.6. The molecule has 1 saturated carbocycles. The quantitative estimate of drug-likeness (QED) is 0.138. The molecule has 15 heteroatoms. The minimum Gasteiger partial charge on any atom is -0.477 e. The number of allylic oxidation sites excluding steroid dienone is 1. The third-order valence-electron chi connectivity index (χ3n) is 7.78. The van der Waals surface area contributed by atoms with Crippen molar-refractivity contribution in [2.24, 2.45) is 5.16 Å². The Kier molecular flexibility index (Phi) is 8.17. The number of thioether (sulfide) groups is 1. The SMILES string of the molecule is Nc1nc(C(=NOC2CCCC2)C(=O)N[C@@H]2C(=O)N3C(C(=O)O)=C(C(Cc4ccccn4)=C4CCNC4=O)CS[C@H]23)cs1. The molecule has 2 saturated heterocycles. The maximum atomic E-state index is 13.5. The highest BCUT2D eigenvalue weighted by molar-refractivity contribution is 8.00. The molecule has 0 radical (unpaired) electrons. The van der Waals surface area contributed by atoms with E-state index in [4.69, 9.17) is 10.6 Å². The number of fused-ring (bicyclic) bond motifs is 1. The highest BCUT2D eigenvalue weighted by Crippen LogP contribution is 2.43.